The molecule has 0 aliphatic carbocycles. The summed E-state index contributed by atoms with van der Waals surface area (Å²) in [6.45, 7) is 0. The van der Waals surface area contributed by atoms with Gasteiger partial charge in [-0.05, 0) is 24.3 Å². The minimum atomic E-state index is -0.106. The van der Waals surface area contributed by atoms with Gasteiger partial charge in [0.1, 0.15) is 0 Å². The van der Waals surface area contributed by atoms with Crippen molar-refractivity contribution in [2.45, 2.75) is 0 Å². The van der Waals surface area contributed by atoms with Crippen molar-refractivity contribution in [3.8, 4) is 0 Å². The van der Waals surface area contributed by atoms with Crippen molar-refractivity contribution in [3.63, 3.8) is 0 Å². The van der Waals surface area contributed by atoms with Gasteiger partial charge in [-0.3, -0.25) is 0 Å². The maximum absolute atomic E-state index is 5.36. The molecule has 2 aromatic rings. The van der Waals surface area contributed by atoms with Crippen LogP contribution in [0.15, 0.2) is 60.7 Å². The summed E-state index contributed by atoms with van der Waals surface area (Å²) >= 11 is -0.106. The molecule has 0 atom stereocenters. The molecule has 96 valence electrons. The zero-order valence-electron chi connectivity index (χ0n) is 9.00. The second kappa shape index (κ2) is 11.8. The Morgan fingerprint density at radius 2 is 0.882 bits per heavy atom. The fraction of sp³-hybridized carbons (Fsp3) is 0. The molecule has 5 heteroatoms. The summed E-state index contributed by atoms with van der Waals surface area (Å²) in [5.74, 6) is 0. The molecule has 0 bridgehead atoms. The van der Waals surface area contributed by atoms with E-state index in [0.717, 1.165) is 11.4 Å². The fourth-order valence-electron chi connectivity index (χ4n) is 0.906. The molecule has 0 aliphatic heterocycles. The van der Waals surface area contributed by atoms with Gasteiger partial charge in [0.25, 0.3) is 0 Å². The van der Waals surface area contributed by atoms with Crippen LogP contribution in [0.25, 0.3) is 0 Å². The normalized spacial score (nSPS) is 8.35. The van der Waals surface area contributed by atoms with Gasteiger partial charge in [0.15, 0.2) is 0 Å². The van der Waals surface area contributed by atoms with Crippen LogP contribution in [0.2, 0.25) is 0 Å². The topological polar surface area (TPSA) is 52.0 Å². The monoisotopic (exact) mass is 362 g/mol. The first kappa shape index (κ1) is 16.3. The fourth-order valence-corrected chi connectivity index (χ4v) is 0.906. The molecular formula is C12H14Cl2N2Pd. The van der Waals surface area contributed by atoms with Crippen LogP contribution in [0.5, 0.6) is 0 Å². The van der Waals surface area contributed by atoms with Gasteiger partial charge >= 0.3 is 35.0 Å². The van der Waals surface area contributed by atoms with Gasteiger partial charge in [0, 0.05) is 11.4 Å². The summed E-state index contributed by atoms with van der Waals surface area (Å²) in [6, 6.07) is 19.0. The van der Waals surface area contributed by atoms with E-state index in [1.807, 2.05) is 60.7 Å². The standard InChI is InChI=1S/2C6H7N.2ClH.Pd/c2*7-6-4-2-1-3-5-6;;;/h2*1-5H,7H2;2*1H;/q;;;;+2/p-2. The molecule has 17 heavy (non-hydrogen) atoms. The molecule has 0 saturated carbocycles. The first-order valence-corrected chi connectivity index (χ1v) is 8.64. The van der Waals surface area contributed by atoms with E-state index in [9.17, 15) is 0 Å². The Morgan fingerprint density at radius 3 is 1.00 bits per heavy atom. The summed E-state index contributed by atoms with van der Waals surface area (Å²) < 4.78 is 0. The molecule has 0 heterocycles. The number of benzene rings is 2. The van der Waals surface area contributed by atoms with E-state index in [4.69, 9.17) is 30.5 Å². The molecular weight excluding hydrogens is 349 g/mol. The number of anilines is 2. The molecule has 0 aliphatic rings. The number of hydrogen-bond acceptors (Lipinski definition) is 2. The molecule has 0 saturated heterocycles. The van der Waals surface area contributed by atoms with E-state index in [2.05, 4.69) is 0 Å². The molecule has 0 unspecified atom stereocenters. The first-order valence-electron chi connectivity index (χ1n) is 4.64. The zero-order chi connectivity index (χ0) is 12.9. The minimum absolute atomic E-state index is 0.106. The number of hydrogen-bond donors (Lipinski definition) is 2. The van der Waals surface area contributed by atoms with E-state index in [1.165, 1.54) is 0 Å². The van der Waals surface area contributed by atoms with Gasteiger partial charge in [0.2, 0.25) is 0 Å². The Hall–Kier alpha value is -0.718. The number of rotatable bonds is 0. The van der Waals surface area contributed by atoms with Crippen LogP contribution >= 0.6 is 19.1 Å². The SMILES string of the molecule is Nc1ccccc1.Nc1ccccc1.[Cl][Pd][Cl]. The van der Waals surface area contributed by atoms with Crippen molar-refractivity contribution in [3.05, 3.63) is 60.7 Å². The molecule has 2 nitrogen and oxygen atoms in total. The van der Waals surface area contributed by atoms with Crippen LogP contribution in [-0.2, 0) is 15.9 Å². The van der Waals surface area contributed by atoms with Gasteiger partial charge < -0.3 is 11.5 Å². The predicted molar refractivity (Wildman–Crippen MR) is 73.4 cm³/mol. The molecule has 4 N–H and O–H groups in total. The van der Waals surface area contributed by atoms with Crippen LogP contribution < -0.4 is 11.5 Å². The van der Waals surface area contributed by atoms with Crippen molar-refractivity contribution in [2.75, 3.05) is 11.5 Å². The van der Waals surface area contributed by atoms with Crippen molar-refractivity contribution < 1.29 is 15.9 Å². The average Bonchev–Trinajstić information content (AvgIpc) is 2.33. The van der Waals surface area contributed by atoms with E-state index in [0.29, 0.717) is 0 Å². The van der Waals surface area contributed by atoms with Gasteiger partial charge in [-0.25, -0.2) is 0 Å². The van der Waals surface area contributed by atoms with E-state index < -0.39 is 0 Å². The number of nitrogens with two attached hydrogens (primary N) is 2. The third-order valence-corrected chi connectivity index (χ3v) is 1.60. The number of nitrogen functional groups attached to an aromatic ring is 2. The van der Waals surface area contributed by atoms with E-state index in [-0.39, 0.29) is 15.9 Å². The number of para-hydroxylation sites is 2. The Labute approximate surface area is 118 Å². The number of halogens is 2. The molecule has 0 fully saturated rings. The second-order valence-electron chi connectivity index (χ2n) is 2.87. The molecule has 0 amide bonds. The van der Waals surface area contributed by atoms with Crippen LogP contribution in [-0.4, -0.2) is 0 Å². The zero-order valence-corrected chi connectivity index (χ0v) is 12.1. The predicted octanol–water partition coefficient (Wildman–Crippen LogP) is 3.91. The van der Waals surface area contributed by atoms with Crippen molar-refractivity contribution in [1.29, 1.82) is 0 Å². The Balaban J connectivity index is 0.000000247. The Kier molecular flexibility index (Phi) is 11.3. The van der Waals surface area contributed by atoms with Crippen LogP contribution in [0, 0.1) is 0 Å². The Bertz CT molecular complexity index is 333. The molecule has 0 radical (unpaired) electrons. The van der Waals surface area contributed by atoms with Gasteiger partial charge in [-0.1, -0.05) is 36.4 Å². The van der Waals surface area contributed by atoms with Crippen molar-refractivity contribution in [2.24, 2.45) is 0 Å². The van der Waals surface area contributed by atoms with Crippen LogP contribution in [0.4, 0.5) is 11.4 Å². The summed E-state index contributed by atoms with van der Waals surface area (Å²) in [5.41, 5.74) is 12.4. The summed E-state index contributed by atoms with van der Waals surface area (Å²) in [7, 11) is 9.63. The van der Waals surface area contributed by atoms with Crippen molar-refractivity contribution >= 4 is 30.4 Å². The quantitative estimate of drug-likeness (QED) is 0.551. The van der Waals surface area contributed by atoms with Gasteiger partial charge in [-0.15, -0.1) is 0 Å². The molecule has 2 rings (SSSR count). The second-order valence-corrected chi connectivity index (χ2v) is 5.23. The van der Waals surface area contributed by atoms with Gasteiger partial charge in [0.05, 0.1) is 0 Å². The summed E-state index contributed by atoms with van der Waals surface area (Å²) in [5, 5.41) is 0. The third-order valence-electron chi connectivity index (χ3n) is 1.60. The Morgan fingerprint density at radius 1 is 0.647 bits per heavy atom. The average molecular weight is 364 g/mol. The molecule has 2 aromatic carbocycles. The molecule has 0 aromatic heterocycles. The maximum atomic E-state index is 5.36. The first-order chi connectivity index (χ1) is 8.20. The van der Waals surface area contributed by atoms with Crippen LogP contribution in [0.3, 0.4) is 0 Å². The van der Waals surface area contributed by atoms with Crippen molar-refractivity contribution in [1.82, 2.24) is 0 Å². The molecule has 0 spiro atoms. The summed E-state index contributed by atoms with van der Waals surface area (Å²) in [4.78, 5) is 0. The van der Waals surface area contributed by atoms with E-state index >= 15 is 0 Å². The van der Waals surface area contributed by atoms with E-state index in [1.54, 1.807) is 0 Å². The van der Waals surface area contributed by atoms with Gasteiger partial charge in [-0.2, -0.15) is 0 Å². The summed E-state index contributed by atoms with van der Waals surface area (Å²) in [6.07, 6.45) is 0. The van der Waals surface area contributed by atoms with Crippen LogP contribution in [0.1, 0.15) is 0 Å². The third kappa shape index (κ3) is 11.5.